The Kier molecular flexibility index (Phi) is 6.95. The molecule has 1 fully saturated rings. The van der Waals surface area contributed by atoms with Crippen LogP contribution < -0.4 is 10.1 Å². The number of aliphatic imine (C=N–C) groups is 1. The van der Waals surface area contributed by atoms with Gasteiger partial charge in [-0.05, 0) is 65.4 Å². The zero-order valence-corrected chi connectivity index (χ0v) is 18.9. The number of hydrogen-bond acceptors (Lipinski definition) is 4. The van der Waals surface area contributed by atoms with Crippen LogP contribution in [0.1, 0.15) is 21.5 Å². The smallest absolute Gasteiger partial charge is 0.279 e. The summed E-state index contributed by atoms with van der Waals surface area (Å²) >= 11 is 13.3. The summed E-state index contributed by atoms with van der Waals surface area (Å²) < 4.78 is 5.77. The number of amidine groups is 1. The van der Waals surface area contributed by atoms with Gasteiger partial charge in [-0.1, -0.05) is 59.6 Å². The van der Waals surface area contributed by atoms with E-state index in [9.17, 15) is 9.59 Å². The monoisotopic (exact) mass is 482 g/mol. The standard InChI is InChI=1S/C24H16Cl2N2O3S/c25-18-9-6-15(7-10-18)14-31-20-11-8-16(12-19(20)26)13-21-23(30)28-24(32-21)27-22(29)17-4-2-1-3-5-17/h1-13H,14H2,(H,27,28,29,30)/b21-13-. The van der Waals surface area contributed by atoms with E-state index in [1.807, 2.05) is 18.2 Å². The number of ether oxygens (including phenoxy) is 1. The maximum Gasteiger partial charge on any atom is 0.279 e. The minimum Gasteiger partial charge on any atom is -0.487 e. The predicted molar refractivity (Wildman–Crippen MR) is 129 cm³/mol. The maximum absolute atomic E-state index is 12.3. The van der Waals surface area contributed by atoms with Crippen LogP contribution in [0.5, 0.6) is 5.75 Å². The molecule has 0 atom stereocenters. The van der Waals surface area contributed by atoms with Crippen LogP contribution in [0.2, 0.25) is 10.0 Å². The lowest BCUT2D eigenvalue weighted by molar-refractivity contribution is -0.115. The first-order valence-electron chi connectivity index (χ1n) is 9.54. The number of rotatable bonds is 5. The minimum atomic E-state index is -0.417. The Morgan fingerprint density at radius 1 is 1.03 bits per heavy atom. The highest BCUT2D eigenvalue weighted by molar-refractivity contribution is 8.18. The van der Waals surface area contributed by atoms with Crippen molar-refractivity contribution in [3.05, 3.63) is 104 Å². The van der Waals surface area contributed by atoms with Gasteiger partial charge >= 0.3 is 0 Å². The third-order valence-electron chi connectivity index (χ3n) is 4.44. The summed E-state index contributed by atoms with van der Waals surface area (Å²) in [5.41, 5.74) is 2.14. The minimum absolute atomic E-state index is 0.240. The Balaban J connectivity index is 1.43. The lowest BCUT2D eigenvalue weighted by atomic mass is 10.2. The van der Waals surface area contributed by atoms with Gasteiger partial charge in [0.15, 0.2) is 5.17 Å². The molecule has 0 aromatic heterocycles. The van der Waals surface area contributed by atoms with Gasteiger partial charge in [-0.15, -0.1) is 0 Å². The molecule has 1 aliphatic heterocycles. The molecule has 4 rings (SSSR count). The second-order valence-corrected chi connectivity index (χ2v) is 8.63. The molecule has 1 N–H and O–H groups in total. The van der Waals surface area contributed by atoms with E-state index in [-0.39, 0.29) is 11.1 Å². The highest BCUT2D eigenvalue weighted by Crippen LogP contribution is 2.30. The van der Waals surface area contributed by atoms with Gasteiger partial charge in [0, 0.05) is 10.6 Å². The summed E-state index contributed by atoms with van der Waals surface area (Å²) in [4.78, 5) is 28.9. The van der Waals surface area contributed by atoms with Gasteiger partial charge in [-0.25, -0.2) is 0 Å². The van der Waals surface area contributed by atoms with Gasteiger partial charge in [0.1, 0.15) is 12.4 Å². The predicted octanol–water partition coefficient (Wildman–Crippen LogP) is 5.97. The van der Waals surface area contributed by atoms with Crippen molar-refractivity contribution in [3.8, 4) is 5.75 Å². The zero-order valence-electron chi connectivity index (χ0n) is 16.5. The number of hydrogen-bond donors (Lipinski definition) is 1. The molecule has 0 radical (unpaired) electrons. The Bertz CT molecular complexity index is 1230. The molecule has 3 aromatic carbocycles. The summed E-state index contributed by atoms with van der Waals surface area (Å²) in [7, 11) is 0. The lowest BCUT2D eigenvalue weighted by Gasteiger charge is -2.09. The fraction of sp³-hybridized carbons (Fsp3) is 0.0417. The zero-order chi connectivity index (χ0) is 22.5. The highest BCUT2D eigenvalue weighted by Gasteiger charge is 2.25. The van der Waals surface area contributed by atoms with Crippen molar-refractivity contribution in [2.75, 3.05) is 0 Å². The topological polar surface area (TPSA) is 67.8 Å². The van der Waals surface area contributed by atoms with Crippen LogP contribution in [0.15, 0.2) is 82.7 Å². The van der Waals surface area contributed by atoms with Gasteiger partial charge < -0.3 is 10.1 Å². The second kappa shape index (κ2) is 10.0. The first-order valence-corrected chi connectivity index (χ1v) is 11.1. The fourth-order valence-corrected chi connectivity index (χ4v) is 4.02. The maximum atomic E-state index is 12.3. The van der Waals surface area contributed by atoms with E-state index in [2.05, 4.69) is 10.3 Å². The molecule has 1 heterocycles. The molecule has 0 bridgehead atoms. The van der Waals surface area contributed by atoms with E-state index in [4.69, 9.17) is 27.9 Å². The molecule has 5 nitrogen and oxygen atoms in total. The Labute approximate surface area is 199 Å². The van der Waals surface area contributed by atoms with Gasteiger partial charge in [0.05, 0.1) is 9.93 Å². The van der Waals surface area contributed by atoms with Crippen LogP contribution in [0.4, 0.5) is 0 Å². The van der Waals surface area contributed by atoms with E-state index in [0.717, 1.165) is 22.9 Å². The largest absolute Gasteiger partial charge is 0.487 e. The van der Waals surface area contributed by atoms with Crippen LogP contribution in [-0.4, -0.2) is 17.0 Å². The Hall–Kier alpha value is -3.06. The third-order valence-corrected chi connectivity index (χ3v) is 5.89. The summed E-state index contributed by atoms with van der Waals surface area (Å²) in [5.74, 6) is -0.211. The van der Waals surface area contributed by atoms with E-state index in [1.54, 1.807) is 60.7 Å². The number of carbonyl (C=O) groups is 2. The normalized spacial score (nSPS) is 15.8. The van der Waals surface area contributed by atoms with Crippen LogP contribution in [0, 0.1) is 0 Å². The van der Waals surface area contributed by atoms with Gasteiger partial charge in [-0.3, -0.25) is 9.59 Å². The van der Waals surface area contributed by atoms with Gasteiger partial charge in [0.2, 0.25) is 0 Å². The molecule has 0 spiro atoms. The van der Waals surface area contributed by atoms with Crippen molar-refractivity contribution in [2.24, 2.45) is 4.99 Å². The van der Waals surface area contributed by atoms with Crippen LogP contribution in [0.25, 0.3) is 6.08 Å². The van der Waals surface area contributed by atoms with Crippen molar-refractivity contribution in [1.29, 1.82) is 0 Å². The lowest BCUT2D eigenvalue weighted by Crippen LogP contribution is -2.20. The van der Waals surface area contributed by atoms with Gasteiger partial charge in [0.25, 0.3) is 11.8 Å². The molecule has 0 aliphatic carbocycles. The third kappa shape index (κ3) is 5.59. The molecular weight excluding hydrogens is 467 g/mol. The fourth-order valence-electron chi connectivity index (χ4n) is 2.84. The van der Waals surface area contributed by atoms with E-state index >= 15 is 0 Å². The Morgan fingerprint density at radius 2 is 1.78 bits per heavy atom. The summed E-state index contributed by atoms with van der Waals surface area (Å²) in [6, 6.07) is 21.3. The molecule has 32 heavy (non-hydrogen) atoms. The van der Waals surface area contributed by atoms with Crippen molar-refractivity contribution >= 4 is 58.0 Å². The van der Waals surface area contributed by atoms with E-state index in [0.29, 0.717) is 32.9 Å². The average molecular weight is 483 g/mol. The van der Waals surface area contributed by atoms with E-state index < -0.39 is 5.91 Å². The molecule has 1 aliphatic rings. The number of carbonyl (C=O) groups excluding carboxylic acids is 2. The van der Waals surface area contributed by atoms with Crippen molar-refractivity contribution < 1.29 is 14.3 Å². The summed E-state index contributed by atoms with van der Waals surface area (Å²) in [6.07, 6.45) is 1.68. The number of halogens is 2. The van der Waals surface area contributed by atoms with Crippen molar-refractivity contribution in [1.82, 2.24) is 5.32 Å². The number of amides is 2. The Morgan fingerprint density at radius 3 is 2.50 bits per heavy atom. The molecule has 160 valence electrons. The molecule has 0 saturated carbocycles. The molecule has 1 saturated heterocycles. The molecular formula is C24H16Cl2N2O3S. The average Bonchev–Trinajstić information content (AvgIpc) is 3.13. The van der Waals surface area contributed by atoms with Gasteiger partial charge in [-0.2, -0.15) is 4.99 Å². The van der Waals surface area contributed by atoms with Crippen LogP contribution in [0.3, 0.4) is 0 Å². The SMILES string of the molecule is O=C1NC(=NC(=O)c2ccccc2)S/C1=C\c1ccc(OCc2ccc(Cl)cc2)c(Cl)c1. The second-order valence-electron chi connectivity index (χ2n) is 6.76. The van der Waals surface area contributed by atoms with Crippen molar-refractivity contribution in [3.63, 3.8) is 0 Å². The quantitative estimate of drug-likeness (QED) is 0.454. The molecule has 2 amide bonds. The molecule has 0 unspecified atom stereocenters. The number of nitrogens with one attached hydrogen (secondary N) is 1. The number of benzene rings is 3. The number of thioether (sulfide) groups is 1. The summed E-state index contributed by atoms with van der Waals surface area (Å²) in [5, 5.41) is 3.93. The summed E-state index contributed by atoms with van der Waals surface area (Å²) in [6.45, 7) is 0.352. The molecule has 3 aromatic rings. The number of nitrogens with zero attached hydrogens (tertiary/aromatic N) is 1. The highest BCUT2D eigenvalue weighted by atomic mass is 35.5. The van der Waals surface area contributed by atoms with E-state index in [1.165, 1.54) is 0 Å². The van der Waals surface area contributed by atoms with Crippen LogP contribution >= 0.6 is 35.0 Å². The van der Waals surface area contributed by atoms with Crippen molar-refractivity contribution in [2.45, 2.75) is 6.61 Å². The first-order chi connectivity index (χ1) is 15.5. The van der Waals surface area contributed by atoms with Crippen LogP contribution in [-0.2, 0) is 11.4 Å². The molecule has 8 heteroatoms. The first kappa shape index (κ1) is 22.1.